The standard InChI is InChI=1S/C16H19ClF3NO2/c1-11(9-12-3-2-4-13(17)10-12)14(22)21-7-5-15(23,6-8-21)16(18,19)20/h2-4,10-11,23H,5-9H2,1H3. The highest BCUT2D eigenvalue weighted by atomic mass is 35.5. The van der Waals surface area contributed by atoms with Crippen LogP contribution in [0.15, 0.2) is 24.3 Å². The van der Waals surface area contributed by atoms with Gasteiger partial charge >= 0.3 is 6.18 Å². The van der Waals surface area contributed by atoms with Crippen molar-refractivity contribution in [3.63, 3.8) is 0 Å². The maximum atomic E-state index is 12.8. The third-order valence-electron chi connectivity index (χ3n) is 4.28. The van der Waals surface area contributed by atoms with E-state index in [1.807, 2.05) is 6.07 Å². The highest BCUT2D eigenvalue weighted by Crippen LogP contribution is 2.38. The van der Waals surface area contributed by atoms with Crippen LogP contribution in [0.1, 0.15) is 25.3 Å². The molecule has 0 saturated carbocycles. The molecule has 0 radical (unpaired) electrons. The predicted octanol–water partition coefficient (Wildman–Crippen LogP) is 3.43. The van der Waals surface area contributed by atoms with E-state index in [4.69, 9.17) is 11.6 Å². The molecule has 0 bridgehead atoms. The maximum Gasteiger partial charge on any atom is 0.417 e. The summed E-state index contributed by atoms with van der Waals surface area (Å²) < 4.78 is 38.3. The third-order valence-corrected chi connectivity index (χ3v) is 4.52. The largest absolute Gasteiger partial charge is 0.417 e. The van der Waals surface area contributed by atoms with Crippen molar-refractivity contribution in [2.24, 2.45) is 5.92 Å². The molecule has 2 rings (SSSR count). The van der Waals surface area contributed by atoms with Crippen LogP contribution in [0.3, 0.4) is 0 Å². The van der Waals surface area contributed by atoms with E-state index in [2.05, 4.69) is 0 Å². The molecule has 3 nitrogen and oxygen atoms in total. The van der Waals surface area contributed by atoms with Crippen LogP contribution in [0, 0.1) is 5.92 Å². The monoisotopic (exact) mass is 349 g/mol. The Kier molecular flexibility index (Phi) is 5.26. The van der Waals surface area contributed by atoms with Crippen molar-refractivity contribution in [3.05, 3.63) is 34.9 Å². The van der Waals surface area contributed by atoms with Crippen molar-refractivity contribution in [2.75, 3.05) is 13.1 Å². The van der Waals surface area contributed by atoms with Crippen LogP contribution in [0.4, 0.5) is 13.2 Å². The summed E-state index contributed by atoms with van der Waals surface area (Å²) in [6, 6.07) is 7.15. The van der Waals surface area contributed by atoms with Crippen LogP contribution in [0.25, 0.3) is 0 Å². The predicted molar refractivity (Wildman–Crippen MR) is 81.1 cm³/mol. The molecule has 1 atom stereocenters. The summed E-state index contributed by atoms with van der Waals surface area (Å²) in [5, 5.41) is 10.2. The van der Waals surface area contributed by atoms with Crippen LogP contribution in [0.2, 0.25) is 5.02 Å². The first-order valence-corrected chi connectivity index (χ1v) is 7.82. The lowest BCUT2D eigenvalue weighted by Crippen LogP contribution is -2.55. The molecule has 1 aromatic rings. The van der Waals surface area contributed by atoms with E-state index in [9.17, 15) is 23.1 Å². The average Bonchev–Trinajstić information content (AvgIpc) is 2.46. The fourth-order valence-electron chi connectivity index (χ4n) is 2.80. The molecule has 1 amide bonds. The van der Waals surface area contributed by atoms with Gasteiger partial charge in [0.15, 0.2) is 5.60 Å². The minimum atomic E-state index is -4.66. The summed E-state index contributed by atoms with van der Waals surface area (Å²) >= 11 is 5.90. The van der Waals surface area contributed by atoms with Gasteiger partial charge in [0.25, 0.3) is 0 Å². The van der Waals surface area contributed by atoms with Crippen molar-refractivity contribution in [1.29, 1.82) is 0 Å². The van der Waals surface area contributed by atoms with Gasteiger partial charge in [0, 0.05) is 36.9 Å². The molecular weight excluding hydrogens is 331 g/mol. The van der Waals surface area contributed by atoms with Crippen LogP contribution in [0.5, 0.6) is 0 Å². The van der Waals surface area contributed by atoms with E-state index >= 15 is 0 Å². The molecule has 1 aromatic carbocycles. The summed E-state index contributed by atoms with van der Waals surface area (Å²) in [6.07, 6.45) is -5.15. The van der Waals surface area contributed by atoms with Crippen molar-refractivity contribution in [1.82, 2.24) is 4.90 Å². The van der Waals surface area contributed by atoms with E-state index in [1.165, 1.54) is 4.90 Å². The molecule has 1 unspecified atom stereocenters. The summed E-state index contributed by atoms with van der Waals surface area (Å²) in [7, 11) is 0. The number of hydrogen-bond acceptors (Lipinski definition) is 2. The molecule has 128 valence electrons. The summed E-state index contributed by atoms with van der Waals surface area (Å²) in [6.45, 7) is 1.57. The minimum absolute atomic E-state index is 0.0886. The Labute approximate surface area is 138 Å². The Morgan fingerprint density at radius 3 is 2.52 bits per heavy atom. The Morgan fingerprint density at radius 1 is 1.39 bits per heavy atom. The quantitative estimate of drug-likeness (QED) is 0.908. The Hall–Kier alpha value is -1.27. The molecule has 1 N–H and O–H groups in total. The first-order chi connectivity index (χ1) is 10.6. The number of rotatable bonds is 3. The van der Waals surface area contributed by atoms with Crippen LogP contribution in [-0.4, -0.2) is 40.8 Å². The van der Waals surface area contributed by atoms with Crippen LogP contribution in [-0.2, 0) is 11.2 Å². The van der Waals surface area contributed by atoms with Crippen molar-refractivity contribution in [3.8, 4) is 0 Å². The number of hydrogen-bond donors (Lipinski definition) is 1. The SMILES string of the molecule is CC(Cc1cccc(Cl)c1)C(=O)N1CCC(O)(C(F)(F)F)CC1. The second-order valence-electron chi connectivity index (χ2n) is 6.09. The number of carbonyl (C=O) groups is 1. The second kappa shape index (κ2) is 6.69. The molecule has 1 heterocycles. The molecule has 23 heavy (non-hydrogen) atoms. The lowest BCUT2D eigenvalue weighted by Gasteiger charge is -2.39. The molecule has 0 aliphatic carbocycles. The fourth-order valence-corrected chi connectivity index (χ4v) is 3.01. The smallest absolute Gasteiger partial charge is 0.380 e. The van der Waals surface area contributed by atoms with Gasteiger partial charge in [0.2, 0.25) is 5.91 Å². The van der Waals surface area contributed by atoms with Crippen molar-refractivity contribution in [2.45, 2.75) is 38.0 Å². The zero-order chi connectivity index (χ0) is 17.3. The molecule has 0 aromatic heterocycles. The molecule has 1 aliphatic rings. The average molecular weight is 350 g/mol. The van der Waals surface area contributed by atoms with Gasteiger partial charge in [-0.1, -0.05) is 30.7 Å². The normalized spacial score (nSPS) is 19.5. The molecule has 1 aliphatic heterocycles. The highest BCUT2D eigenvalue weighted by molar-refractivity contribution is 6.30. The number of alkyl halides is 3. The topological polar surface area (TPSA) is 40.5 Å². The van der Waals surface area contributed by atoms with Crippen LogP contribution >= 0.6 is 11.6 Å². The van der Waals surface area contributed by atoms with Gasteiger partial charge in [-0.2, -0.15) is 13.2 Å². The number of halogens is 4. The molecular formula is C16H19ClF3NO2. The van der Waals surface area contributed by atoms with Gasteiger partial charge < -0.3 is 10.0 Å². The highest BCUT2D eigenvalue weighted by Gasteiger charge is 2.55. The number of amides is 1. The summed E-state index contributed by atoms with van der Waals surface area (Å²) in [4.78, 5) is 13.8. The van der Waals surface area contributed by atoms with Crippen molar-refractivity contribution >= 4 is 17.5 Å². The lowest BCUT2D eigenvalue weighted by atomic mass is 9.89. The first kappa shape index (κ1) is 18.1. The van der Waals surface area contributed by atoms with Gasteiger partial charge in [-0.25, -0.2) is 0 Å². The minimum Gasteiger partial charge on any atom is -0.380 e. The summed E-state index contributed by atoms with van der Waals surface area (Å²) in [5.74, 6) is -0.556. The van der Waals surface area contributed by atoms with Gasteiger partial charge in [0.05, 0.1) is 0 Å². The van der Waals surface area contributed by atoms with Gasteiger partial charge in [-0.3, -0.25) is 4.79 Å². The number of carbonyl (C=O) groups excluding carboxylic acids is 1. The van der Waals surface area contributed by atoms with E-state index in [0.717, 1.165) is 5.56 Å². The van der Waals surface area contributed by atoms with Crippen LogP contribution < -0.4 is 0 Å². The Bertz CT molecular complexity index is 569. The molecule has 7 heteroatoms. The number of benzene rings is 1. The van der Waals surface area contributed by atoms with E-state index in [0.29, 0.717) is 11.4 Å². The van der Waals surface area contributed by atoms with Crippen molar-refractivity contribution < 1.29 is 23.1 Å². The number of piperidine rings is 1. The van der Waals surface area contributed by atoms with Gasteiger partial charge in [-0.05, 0) is 24.1 Å². The fraction of sp³-hybridized carbons (Fsp3) is 0.562. The molecule has 0 spiro atoms. The lowest BCUT2D eigenvalue weighted by molar-refractivity contribution is -0.272. The third kappa shape index (κ3) is 4.18. The number of nitrogens with zero attached hydrogens (tertiary/aromatic N) is 1. The van der Waals surface area contributed by atoms with Gasteiger partial charge in [0.1, 0.15) is 0 Å². The first-order valence-electron chi connectivity index (χ1n) is 7.45. The zero-order valence-corrected chi connectivity index (χ0v) is 13.5. The Balaban J connectivity index is 1.94. The second-order valence-corrected chi connectivity index (χ2v) is 6.53. The van der Waals surface area contributed by atoms with Gasteiger partial charge in [-0.15, -0.1) is 0 Å². The summed E-state index contributed by atoms with van der Waals surface area (Å²) in [5.41, 5.74) is -1.78. The van der Waals surface area contributed by atoms with E-state index in [1.54, 1.807) is 25.1 Å². The van der Waals surface area contributed by atoms with E-state index < -0.39 is 24.6 Å². The molecule has 1 saturated heterocycles. The zero-order valence-electron chi connectivity index (χ0n) is 12.7. The number of likely N-dealkylation sites (tertiary alicyclic amines) is 1. The Morgan fingerprint density at radius 2 is 2.00 bits per heavy atom. The van der Waals surface area contributed by atoms with E-state index in [-0.39, 0.29) is 24.9 Å². The molecule has 1 fully saturated rings. The number of aliphatic hydroxyl groups is 1. The maximum absolute atomic E-state index is 12.8.